The quantitative estimate of drug-likeness (QED) is 0.512. The third-order valence-electron chi connectivity index (χ3n) is 5.83. The zero-order valence-electron chi connectivity index (χ0n) is 17.1. The Morgan fingerprint density at radius 3 is 2.80 bits per heavy atom. The van der Waals surface area contributed by atoms with E-state index in [0.29, 0.717) is 35.3 Å². The molecule has 1 aliphatic carbocycles. The average Bonchev–Trinajstić information content (AvgIpc) is 3.12. The van der Waals surface area contributed by atoms with Crippen molar-refractivity contribution in [3.63, 3.8) is 0 Å². The first kappa shape index (κ1) is 21.1. The number of amides is 1. The molecule has 2 aromatic rings. The minimum atomic E-state index is -0.351. The number of anilines is 2. The van der Waals surface area contributed by atoms with Crippen molar-refractivity contribution in [3.05, 3.63) is 39.5 Å². The Balaban J connectivity index is 1.59. The van der Waals surface area contributed by atoms with Gasteiger partial charge in [-0.1, -0.05) is 30.9 Å². The van der Waals surface area contributed by atoms with Gasteiger partial charge in [0.15, 0.2) is 0 Å². The summed E-state index contributed by atoms with van der Waals surface area (Å²) in [6.45, 7) is 3.53. The Kier molecular flexibility index (Phi) is 6.58. The Morgan fingerprint density at radius 1 is 1.30 bits per heavy atom. The predicted molar refractivity (Wildman–Crippen MR) is 119 cm³/mol. The van der Waals surface area contributed by atoms with Gasteiger partial charge in [-0.3, -0.25) is 4.79 Å². The fourth-order valence-corrected chi connectivity index (χ4v) is 5.63. The van der Waals surface area contributed by atoms with Gasteiger partial charge in [-0.15, -0.1) is 11.3 Å². The highest BCUT2D eigenvalue weighted by molar-refractivity contribution is 7.17. The minimum Gasteiger partial charge on any atom is -0.462 e. The number of halogens is 1. The van der Waals surface area contributed by atoms with E-state index in [9.17, 15) is 9.59 Å². The van der Waals surface area contributed by atoms with Gasteiger partial charge in [-0.05, 0) is 43.9 Å². The number of pyridine rings is 1. The molecule has 0 unspecified atom stereocenters. The molecule has 30 heavy (non-hydrogen) atoms. The number of nitrogens with zero attached hydrogens (tertiary/aromatic N) is 2. The zero-order chi connectivity index (χ0) is 21.1. The molecule has 0 atom stereocenters. The number of ether oxygens (including phenoxy) is 1. The smallest absolute Gasteiger partial charge is 0.341 e. The number of thiophene rings is 1. The second-order valence-corrected chi connectivity index (χ2v) is 9.26. The SMILES string of the molecule is CCOC(=O)c1c(NC(=O)C2CCCCC2)sc2c1CCN(c1ccc(Cl)nc1)C2. The zero-order valence-corrected chi connectivity index (χ0v) is 18.7. The molecule has 0 spiro atoms. The van der Waals surface area contributed by atoms with Crippen LogP contribution in [0.1, 0.15) is 59.8 Å². The van der Waals surface area contributed by atoms with Crippen molar-refractivity contribution in [2.24, 2.45) is 5.92 Å². The van der Waals surface area contributed by atoms with Gasteiger partial charge in [-0.2, -0.15) is 0 Å². The topological polar surface area (TPSA) is 71.5 Å². The average molecular weight is 448 g/mol. The Morgan fingerprint density at radius 2 is 2.10 bits per heavy atom. The van der Waals surface area contributed by atoms with Crippen LogP contribution in [-0.2, 0) is 22.5 Å². The van der Waals surface area contributed by atoms with Crippen molar-refractivity contribution in [3.8, 4) is 0 Å². The van der Waals surface area contributed by atoms with E-state index in [-0.39, 0.29) is 17.8 Å². The number of esters is 1. The lowest BCUT2D eigenvalue weighted by atomic mass is 9.88. The van der Waals surface area contributed by atoms with Gasteiger partial charge in [-0.25, -0.2) is 9.78 Å². The van der Waals surface area contributed by atoms with E-state index < -0.39 is 0 Å². The Bertz CT molecular complexity index is 922. The summed E-state index contributed by atoms with van der Waals surface area (Å²) in [5.41, 5.74) is 2.52. The van der Waals surface area contributed by atoms with Crippen LogP contribution in [0.15, 0.2) is 18.3 Å². The lowest BCUT2D eigenvalue weighted by Gasteiger charge is -2.28. The van der Waals surface area contributed by atoms with Crippen molar-refractivity contribution in [1.29, 1.82) is 0 Å². The highest BCUT2D eigenvalue weighted by Crippen LogP contribution is 2.39. The summed E-state index contributed by atoms with van der Waals surface area (Å²) in [5.74, 6) is -0.294. The van der Waals surface area contributed by atoms with Gasteiger partial charge in [0.25, 0.3) is 0 Å². The summed E-state index contributed by atoms with van der Waals surface area (Å²) in [5, 5.41) is 4.16. The predicted octanol–water partition coefficient (Wildman–Crippen LogP) is 5.05. The highest BCUT2D eigenvalue weighted by Gasteiger charge is 2.31. The van der Waals surface area contributed by atoms with E-state index in [2.05, 4.69) is 15.2 Å². The van der Waals surface area contributed by atoms with Crippen LogP contribution in [0.3, 0.4) is 0 Å². The molecule has 0 saturated heterocycles. The molecule has 0 aromatic carbocycles. The van der Waals surface area contributed by atoms with Gasteiger partial charge in [0, 0.05) is 17.3 Å². The molecule has 1 amide bonds. The van der Waals surface area contributed by atoms with Crippen LogP contribution in [0, 0.1) is 5.92 Å². The van der Waals surface area contributed by atoms with Crippen LogP contribution in [0.4, 0.5) is 10.7 Å². The van der Waals surface area contributed by atoms with Gasteiger partial charge >= 0.3 is 5.97 Å². The molecule has 4 rings (SSSR count). The summed E-state index contributed by atoms with van der Waals surface area (Å²) in [6.07, 6.45) is 7.69. The molecule has 8 heteroatoms. The normalized spacial score (nSPS) is 16.8. The number of nitrogens with one attached hydrogen (secondary N) is 1. The number of fused-ring (bicyclic) bond motifs is 1. The van der Waals surface area contributed by atoms with E-state index in [1.54, 1.807) is 19.2 Å². The second kappa shape index (κ2) is 9.35. The van der Waals surface area contributed by atoms with E-state index in [1.165, 1.54) is 17.8 Å². The van der Waals surface area contributed by atoms with Gasteiger partial charge < -0.3 is 15.0 Å². The summed E-state index contributed by atoms with van der Waals surface area (Å²) in [4.78, 5) is 33.0. The van der Waals surface area contributed by atoms with Gasteiger partial charge in [0.1, 0.15) is 10.2 Å². The Hall–Kier alpha value is -2.12. The Labute approximate surface area is 185 Å². The molecule has 0 radical (unpaired) electrons. The molecule has 2 aliphatic rings. The largest absolute Gasteiger partial charge is 0.462 e. The summed E-state index contributed by atoms with van der Waals surface area (Å²) < 4.78 is 5.32. The first-order valence-corrected chi connectivity index (χ1v) is 11.7. The molecule has 3 heterocycles. The second-order valence-electron chi connectivity index (χ2n) is 7.76. The fraction of sp³-hybridized carbons (Fsp3) is 0.500. The van der Waals surface area contributed by atoms with Crippen LogP contribution in [0.25, 0.3) is 0 Å². The molecule has 6 nitrogen and oxygen atoms in total. The van der Waals surface area contributed by atoms with Crippen molar-refractivity contribution < 1.29 is 14.3 Å². The maximum Gasteiger partial charge on any atom is 0.341 e. The number of carbonyl (C=O) groups is 2. The number of hydrogen-bond acceptors (Lipinski definition) is 6. The number of aromatic nitrogens is 1. The molecular weight excluding hydrogens is 422 g/mol. The maximum absolute atomic E-state index is 12.8. The molecule has 2 aromatic heterocycles. The summed E-state index contributed by atoms with van der Waals surface area (Å²) >= 11 is 7.40. The van der Waals surface area contributed by atoms with Crippen LogP contribution in [0.2, 0.25) is 5.15 Å². The monoisotopic (exact) mass is 447 g/mol. The minimum absolute atomic E-state index is 0.0256. The molecule has 0 bridgehead atoms. The highest BCUT2D eigenvalue weighted by atomic mass is 35.5. The summed E-state index contributed by atoms with van der Waals surface area (Å²) in [7, 11) is 0. The third kappa shape index (κ3) is 4.47. The third-order valence-corrected chi connectivity index (χ3v) is 7.18. The van der Waals surface area contributed by atoms with E-state index in [4.69, 9.17) is 16.3 Å². The van der Waals surface area contributed by atoms with Gasteiger partial charge in [0.2, 0.25) is 5.91 Å². The molecule has 160 valence electrons. The van der Waals surface area contributed by atoms with Crippen molar-refractivity contribution in [1.82, 2.24) is 4.98 Å². The number of carbonyl (C=O) groups excluding carboxylic acids is 2. The van der Waals surface area contributed by atoms with Crippen molar-refractivity contribution in [2.45, 2.75) is 52.0 Å². The van der Waals surface area contributed by atoms with Crippen LogP contribution < -0.4 is 10.2 Å². The van der Waals surface area contributed by atoms with E-state index in [1.807, 2.05) is 6.07 Å². The summed E-state index contributed by atoms with van der Waals surface area (Å²) in [6, 6.07) is 3.73. The maximum atomic E-state index is 12.8. The van der Waals surface area contributed by atoms with Crippen molar-refractivity contribution in [2.75, 3.05) is 23.4 Å². The molecule has 1 aliphatic heterocycles. The molecule has 1 saturated carbocycles. The number of hydrogen-bond donors (Lipinski definition) is 1. The van der Waals surface area contributed by atoms with E-state index in [0.717, 1.165) is 48.4 Å². The first-order valence-electron chi connectivity index (χ1n) is 10.6. The van der Waals surface area contributed by atoms with Crippen molar-refractivity contribution >= 4 is 45.5 Å². The van der Waals surface area contributed by atoms with Crippen LogP contribution >= 0.6 is 22.9 Å². The van der Waals surface area contributed by atoms with E-state index >= 15 is 0 Å². The standard InChI is InChI=1S/C22H26ClN3O3S/c1-2-29-22(28)19-16-10-11-26(15-8-9-18(23)24-12-15)13-17(16)30-21(19)25-20(27)14-6-4-3-5-7-14/h8-9,12,14H,2-7,10-11,13H2,1H3,(H,25,27). The first-order chi connectivity index (χ1) is 14.6. The molecule has 1 N–H and O–H groups in total. The molecule has 1 fully saturated rings. The van der Waals surface area contributed by atoms with Gasteiger partial charge in [0.05, 0.1) is 30.6 Å². The lowest BCUT2D eigenvalue weighted by molar-refractivity contribution is -0.120. The van der Waals surface area contributed by atoms with Crippen LogP contribution in [0.5, 0.6) is 0 Å². The lowest BCUT2D eigenvalue weighted by Crippen LogP contribution is -2.30. The molecular formula is C22H26ClN3O3S. The fourth-order valence-electron chi connectivity index (χ4n) is 4.26. The number of rotatable bonds is 5. The van der Waals surface area contributed by atoms with Crippen LogP contribution in [-0.4, -0.2) is 30.0 Å².